The predicted octanol–water partition coefficient (Wildman–Crippen LogP) is 1.08. The summed E-state index contributed by atoms with van der Waals surface area (Å²) < 4.78 is 4.79. The van der Waals surface area contributed by atoms with Gasteiger partial charge >= 0.3 is 5.97 Å². The minimum absolute atomic E-state index is 0.0459. The number of carbonyl (C=O) groups excluding carboxylic acids is 2. The summed E-state index contributed by atoms with van der Waals surface area (Å²) in [6.07, 6.45) is 4.16. The molecule has 0 aromatic rings. The Morgan fingerprint density at radius 3 is 2.75 bits per heavy atom. The van der Waals surface area contributed by atoms with Crippen molar-refractivity contribution in [2.45, 2.75) is 51.6 Å². The fraction of sp³-hybridized carbons (Fsp3) is 0.867. The normalized spacial score (nSPS) is 30.1. The molecule has 20 heavy (non-hydrogen) atoms. The van der Waals surface area contributed by atoms with Crippen LogP contribution in [0.1, 0.15) is 39.5 Å². The van der Waals surface area contributed by atoms with E-state index in [0.717, 1.165) is 13.0 Å². The van der Waals surface area contributed by atoms with Crippen molar-refractivity contribution in [3.63, 3.8) is 0 Å². The quantitative estimate of drug-likeness (QED) is 0.740. The molecule has 0 aromatic heterocycles. The first-order valence-corrected chi connectivity index (χ1v) is 7.64. The number of carbonyl (C=O) groups is 2. The molecule has 2 N–H and O–H groups in total. The van der Waals surface area contributed by atoms with Gasteiger partial charge in [0.2, 0.25) is 5.91 Å². The van der Waals surface area contributed by atoms with Crippen molar-refractivity contribution in [2.75, 3.05) is 13.7 Å². The minimum atomic E-state index is -0.533. The molecule has 5 heteroatoms. The Labute approximate surface area is 120 Å². The molecule has 2 fully saturated rings. The molecule has 4 unspecified atom stereocenters. The summed E-state index contributed by atoms with van der Waals surface area (Å²) in [5.74, 6) is 0.999. The molecule has 114 valence electrons. The van der Waals surface area contributed by atoms with E-state index in [1.807, 2.05) is 13.8 Å². The summed E-state index contributed by atoms with van der Waals surface area (Å²) in [6.45, 7) is 4.99. The number of fused-ring (bicyclic) bond motifs is 1. The highest BCUT2D eigenvalue weighted by Gasteiger charge is 2.43. The highest BCUT2D eigenvalue weighted by atomic mass is 16.5. The number of methoxy groups -OCH3 is 1. The van der Waals surface area contributed by atoms with Crippen LogP contribution < -0.4 is 10.6 Å². The zero-order chi connectivity index (χ0) is 14.7. The van der Waals surface area contributed by atoms with Gasteiger partial charge in [0.1, 0.15) is 6.04 Å². The van der Waals surface area contributed by atoms with Gasteiger partial charge in [-0.3, -0.25) is 4.79 Å². The maximum atomic E-state index is 12.4. The van der Waals surface area contributed by atoms with Crippen molar-refractivity contribution in [3.05, 3.63) is 0 Å². The van der Waals surface area contributed by atoms with Crippen LogP contribution in [-0.4, -0.2) is 37.6 Å². The predicted molar refractivity (Wildman–Crippen MR) is 76.0 cm³/mol. The van der Waals surface area contributed by atoms with E-state index in [9.17, 15) is 9.59 Å². The zero-order valence-electron chi connectivity index (χ0n) is 12.6. The van der Waals surface area contributed by atoms with Gasteiger partial charge in [-0.15, -0.1) is 0 Å². The van der Waals surface area contributed by atoms with Crippen LogP contribution in [0.3, 0.4) is 0 Å². The molecule has 2 aliphatic rings. The Bertz CT molecular complexity index is 370. The lowest BCUT2D eigenvalue weighted by molar-refractivity contribution is -0.145. The smallest absolute Gasteiger partial charge is 0.328 e. The van der Waals surface area contributed by atoms with Crippen molar-refractivity contribution in [1.82, 2.24) is 10.6 Å². The zero-order valence-corrected chi connectivity index (χ0v) is 12.6. The summed E-state index contributed by atoms with van der Waals surface area (Å²) in [5, 5.41) is 6.19. The van der Waals surface area contributed by atoms with Gasteiger partial charge in [0.25, 0.3) is 0 Å². The average Bonchev–Trinajstić information content (AvgIpc) is 2.98. The molecule has 1 heterocycles. The van der Waals surface area contributed by atoms with E-state index in [1.165, 1.54) is 20.0 Å². The van der Waals surface area contributed by atoms with E-state index in [2.05, 4.69) is 10.6 Å². The standard InChI is InChI=1S/C15H26N2O3/c1-9(2)7-12(15(19)20-3)17-14(18)13-11-6-4-5-10(11)8-16-13/h9-13,16H,4-8H2,1-3H3,(H,17,18). The summed E-state index contributed by atoms with van der Waals surface area (Å²) in [7, 11) is 1.36. The van der Waals surface area contributed by atoms with E-state index in [-0.39, 0.29) is 17.9 Å². The fourth-order valence-electron chi connectivity index (χ4n) is 3.56. The van der Waals surface area contributed by atoms with Gasteiger partial charge in [0.15, 0.2) is 0 Å². The largest absolute Gasteiger partial charge is 0.467 e. The lowest BCUT2D eigenvalue weighted by atomic mass is 9.93. The van der Waals surface area contributed by atoms with Crippen LogP contribution in [0.25, 0.3) is 0 Å². The number of hydrogen-bond acceptors (Lipinski definition) is 4. The van der Waals surface area contributed by atoms with E-state index in [4.69, 9.17) is 4.74 Å². The Hall–Kier alpha value is -1.10. The molecular formula is C15H26N2O3. The lowest BCUT2D eigenvalue weighted by Crippen LogP contribution is -2.50. The molecule has 0 radical (unpaired) electrons. The first kappa shape index (κ1) is 15.3. The minimum Gasteiger partial charge on any atom is -0.467 e. The van der Waals surface area contributed by atoms with E-state index in [1.54, 1.807) is 0 Å². The maximum absolute atomic E-state index is 12.4. The van der Waals surface area contributed by atoms with Crippen molar-refractivity contribution in [1.29, 1.82) is 0 Å². The second-order valence-electron chi connectivity index (χ2n) is 6.45. The SMILES string of the molecule is COC(=O)C(CC(C)C)NC(=O)C1NCC2CCCC21. The van der Waals surface area contributed by atoms with Crippen LogP contribution in [0.5, 0.6) is 0 Å². The number of amides is 1. The van der Waals surface area contributed by atoms with Gasteiger partial charge in [-0.1, -0.05) is 20.3 Å². The van der Waals surface area contributed by atoms with Gasteiger partial charge in [-0.2, -0.15) is 0 Å². The first-order valence-electron chi connectivity index (χ1n) is 7.64. The van der Waals surface area contributed by atoms with E-state index < -0.39 is 6.04 Å². The maximum Gasteiger partial charge on any atom is 0.328 e. The molecule has 4 atom stereocenters. The topological polar surface area (TPSA) is 67.4 Å². The highest BCUT2D eigenvalue weighted by molar-refractivity contribution is 5.88. The van der Waals surface area contributed by atoms with Crippen molar-refractivity contribution >= 4 is 11.9 Å². The lowest BCUT2D eigenvalue weighted by Gasteiger charge is -2.23. The monoisotopic (exact) mass is 282 g/mol. The number of hydrogen-bond donors (Lipinski definition) is 2. The molecular weight excluding hydrogens is 256 g/mol. The van der Waals surface area contributed by atoms with E-state index >= 15 is 0 Å². The molecule has 0 aromatic carbocycles. The third-order valence-corrected chi connectivity index (χ3v) is 4.54. The summed E-state index contributed by atoms with van der Waals surface area (Å²) >= 11 is 0. The third kappa shape index (κ3) is 3.32. The molecule has 0 bridgehead atoms. The molecule has 1 amide bonds. The highest BCUT2D eigenvalue weighted by Crippen LogP contribution is 2.37. The van der Waals surface area contributed by atoms with E-state index in [0.29, 0.717) is 24.2 Å². The molecule has 0 spiro atoms. The number of rotatable bonds is 5. The summed E-state index contributed by atoms with van der Waals surface area (Å²) in [6, 6.07) is -0.670. The summed E-state index contributed by atoms with van der Waals surface area (Å²) in [5.41, 5.74) is 0. The van der Waals surface area contributed by atoms with Crippen LogP contribution >= 0.6 is 0 Å². The first-order chi connectivity index (χ1) is 9.52. The fourth-order valence-corrected chi connectivity index (χ4v) is 3.56. The van der Waals surface area contributed by atoms with Gasteiger partial charge in [0.05, 0.1) is 13.2 Å². The number of nitrogens with one attached hydrogen (secondary N) is 2. The molecule has 1 aliphatic heterocycles. The molecule has 5 nitrogen and oxygen atoms in total. The van der Waals surface area contributed by atoms with Gasteiger partial charge < -0.3 is 15.4 Å². The van der Waals surface area contributed by atoms with Gasteiger partial charge in [-0.05, 0) is 43.6 Å². The Morgan fingerprint density at radius 1 is 1.35 bits per heavy atom. The van der Waals surface area contributed by atoms with Crippen molar-refractivity contribution < 1.29 is 14.3 Å². The number of ether oxygens (including phenoxy) is 1. The molecule has 1 aliphatic carbocycles. The third-order valence-electron chi connectivity index (χ3n) is 4.54. The molecule has 1 saturated heterocycles. The van der Waals surface area contributed by atoms with Gasteiger partial charge in [-0.25, -0.2) is 4.79 Å². The Balaban J connectivity index is 1.95. The second-order valence-corrected chi connectivity index (χ2v) is 6.45. The van der Waals surface area contributed by atoms with Gasteiger partial charge in [0, 0.05) is 0 Å². The molecule has 2 rings (SSSR count). The van der Waals surface area contributed by atoms with Crippen molar-refractivity contribution in [3.8, 4) is 0 Å². The average molecular weight is 282 g/mol. The molecule has 1 saturated carbocycles. The van der Waals surface area contributed by atoms with Crippen LogP contribution in [0.2, 0.25) is 0 Å². The Morgan fingerprint density at radius 2 is 2.10 bits per heavy atom. The summed E-state index contributed by atoms with van der Waals surface area (Å²) in [4.78, 5) is 24.2. The van der Waals surface area contributed by atoms with Crippen LogP contribution in [0.4, 0.5) is 0 Å². The number of esters is 1. The van der Waals surface area contributed by atoms with Crippen LogP contribution in [0, 0.1) is 17.8 Å². The van der Waals surface area contributed by atoms with Crippen LogP contribution in [-0.2, 0) is 14.3 Å². The second kappa shape index (κ2) is 6.57. The van der Waals surface area contributed by atoms with Crippen molar-refractivity contribution in [2.24, 2.45) is 17.8 Å². The Kier molecular flexibility index (Phi) is 5.02. The van der Waals surface area contributed by atoms with Crippen LogP contribution in [0.15, 0.2) is 0 Å².